The van der Waals surface area contributed by atoms with Crippen molar-refractivity contribution < 1.29 is 18.7 Å². The SMILES string of the molecule is CCOC(=O)C1CCCN(C(=O)c2ocnc2C(C)C)C1. The molecular formula is C15H22N2O4. The minimum Gasteiger partial charge on any atom is -0.466 e. The number of nitrogens with zero attached hydrogens (tertiary/aromatic N) is 2. The third kappa shape index (κ3) is 3.43. The lowest BCUT2D eigenvalue weighted by Crippen LogP contribution is -2.43. The zero-order valence-electron chi connectivity index (χ0n) is 12.8. The molecule has 1 fully saturated rings. The molecule has 1 saturated heterocycles. The third-order valence-corrected chi connectivity index (χ3v) is 3.66. The minimum atomic E-state index is -0.243. The van der Waals surface area contributed by atoms with E-state index in [0.717, 1.165) is 12.8 Å². The molecule has 1 aromatic heterocycles. The summed E-state index contributed by atoms with van der Waals surface area (Å²) in [6.07, 6.45) is 2.85. The van der Waals surface area contributed by atoms with Crippen LogP contribution >= 0.6 is 0 Å². The average Bonchev–Trinajstić information content (AvgIpc) is 2.96. The lowest BCUT2D eigenvalue weighted by atomic mass is 9.97. The van der Waals surface area contributed by atoms with Crippen molar-refractivity contribution in [2.24, 2.45) is 5.92 Å². The van der Waals surface area contributed by atoms with Gasteiger partial charge >= 0.3 is 5.97 Å². The number of carbonyl (C=O) groups is 2. The minimum absolute atomic E-state index is 0.119. The third-order valence-electron chi connectivity index (χ3n) is 3.66. The number of aromatic nitrogens is 1. The lowest BCUT2D eigenvalue weighted by molar-refractivity contribution is -0.149. The zero-order chi connectivity index (χ0) is 15.4. The van der Waals surface area contributed by atoms with Crippen molar-refractivity contribution in [3.05, 3.63) is 17.8 Å². The molecule has 0 aliphatic carbocycles. The monoisotopic (exact) mass is 294 g/mol. The van der Waals surface area contributed by atoms with Crippen LogP contribution in [-0.2, 0) is 9.53 Å². The molecule has 0 bridgehead atoms. The van der Waals surface area contributed by atoms with Gasteiger partial charge in [0.2, 0.25) is 5.76 Å². The van der Waals surface area contributed by atoms with E-state index in [1.54, 1.807) is 11.8 Å². The Morgan fingerprint density at radius 1 is 1.52 bits per heavy atom. The first-order valence-electron chi connectivity index (χ1n) is 7.43. The molecule has 1 unspecified atom stereocenters. The molecule has 1 atom stereocenters. The molecule has 0 N–H and O–H groups in total. The van der Waals surface area contributed by atoms with Crippen LogP contribution in [-0.4, -0.2) is 41.5 Å². The topological polar surface area (TPSA) is 72.6 Å². The van der Waals surface area contributed by atoms with E-state index in [1.165, 1.54) is 6.39 Å². The van der Waals surface area contributed by atoms with E-state index in [-0.39, 0.29) is 29.5 Å². The molecule has 6 nitrogen and oxygen atoms in total. The van der Waals surface area contributed by atoms with Gasteiger partial charge in [-0.3, -0.25) is 9.59 Å². The van der Waals surface area contributed by atoms with E-state index in [0.29, 0.717) is 25.4 Å². The molecule has 2 heterocycles. The molecule has 0 saturated carbocycles. The number of ether oxygens (including phenoxy) is 1. The van der Waals surface area contributed by atoms with Crippen LogP contribution in [0.2, 0.25) is 0 Å². The van der Waals surface area contributed by atoms with Crippen molar-refractivity contribution in [2.45, 2.75) is 39.5 Å². The Bertz CT molecular complexity index is 510. The first kappa shape index (κ1) is 15.5. The van der Waals surface area contributed by atoms with Gasteiger partial charge in [-0.2, -0.15) is 0 Å². The Kier molecular flexibility index (Phi) is 4.98. The first-order chi connectivity index (χ1) is 10.0. The summed E-state index contributed by atoms with van der Waals surface area (Å²) in [6, 6.07) is 0. The van der Waals surface area contributed by atoms with Gasteiger partial charge in [0, 0.05) is 13.1 Å². The Labute approximate surface area is 124 Å². The van der Waals surface area contributed by atoms with Crippen LogP contribution in [0.15, 0.2) is 10.8 Å². The van der Waals surface area contributed by atoms with E-state index in [1.807, 2.05) is 13.8 Å². The number of hydrogen-bond acceptors (Lipinski definition) is 5. The van der Waals surface area contributed by atoms with Crippen molar-refractivity contribution in [3.63, 3.8) is 0 Å². The summed E-state index contributed by atoms with van der Waals surface area (Å²) in [6.45, 7) is 7.09. The fraction of sp³-hybridized carbons (Fsp3) is 0.667. The second kappa shape index (κ2) is 6.74. The van der Waals surface area contributed by atoms with Crippen LogP contribution in [0.5, 0.6) is 0 Å². The maximum atomic E-state index is 12.6. The molecule has 0 radical (unpaired) electrons. The Balaban J connectivity index is 2.08. The Hall–Kier alpha value is -1.85. The molecule has 2 rings (SSSR count). The molecule has 6 heteroatoms. The summed E-state index contributed by atoms with van der Waals surface area (Å²) in [5.41, 5.74) is 0.665. The second-order valence-corrected chi connectivity index (χ2v) is 5.56. The fourth-order valence-corrected chi connectivity index (χ4v) is 2.58. The largest absolute Gasteiger partial charge is 0.466 e. The summed E-state index contributed by atoms with van der Waals surface area (Å²) >= 11 is 0. The van der Waals surface area contributed by atoms with Crippen molar-refractivity contribution in [1.29, 1.82) is 0 Å². The van der Waals surface area contributed by atoms with Crippen LogP contribution in [0.3, 0.4) is 0 Å². The van der Waals surface area contributed by atoms with Crippen LogP contribution in [0.1, 0.15) is 55.8 Å². The summed E-state index contributed by atoms with van der Waals surface area (Å²) in [5.74, 6) is -0.252. The lowest BCUT2D eigenvalue weighted by Gasteiger charge is -2.31. The molecule has 0 spiro atoms. The van der Waals surface area contributed by atoms with Crippen molar-refractivity contribution in [1.82, 2.24) is 9.88 Å². The van der Waals surface area contributed by atoms with Gasteiger partial charge in [-0.25, -0.2) is 4.98 Å². The number of likely N-dealkylation sites (tertiary alicyclic amines) is 1. The van der Waals surface area contributed by atoms with Gasteiger partial charge in [0.1, 0.15) is 0 Å². The van der Waals surface area contributed by atoms with Gasteiger partial charge in [0.15, 0.2) is 6.39 Å². The van der Waals surface area contributed by atoms with Crippen molar-refractivity contribution in [2.75, 3.05) is 19.7 Å². The zero-order valence-corrected chi connectivity index (χ0v) is 12.8. The molecule has 21 heavy (non-hydrogen) atoms. The summed E-state index contributed by atoms with van der Waals surface area (Å²) < 4.78 is 10.3. The molecule has 116 valence electrons. The molecule has 0 aromatic carbocycles. The molecule has 1 amide bonds. The Morgan fingerprint density at radius 3 is 2.95 bits per heavy atom. The highest BCUT2D eigenvalue weighted by Crippen LogP contribution is 2.23. The van der Waals surface area contributed by atoms with Gasteiger partial charge in [0.05, 0.1) is 18.2 Å². The van der Waals surface area contributed by atoms with Gasteiger partial charge in [-0.15, -0.1) is 0 Å². The summed E-state index contributed by atoms with van der Waals surface area (Å²) in [7, 11) is 0. The van der Waals surface area contributed by atoms with Crippen molar-refractivity contribution in [3.8, 4) is 0 Å². The second-order valence-electron chi connectivity index (χ2n) is 5.56. The van der Waals surface area contributed by atoms with E-state index < -0.39 is 0 Å². The van der Waals surface area contributed by atoms with Crippen LogP contribution in [0.25, 0.3) is 0 Å². The summed E-state index contributed by atoms with van der Waals surface area (Å²) in [4.78, 5) is 30.2. The predicted octanol–water partition coefficient (Wildman–Crippen LogP) is 2.21. The van der Waals surface area contributed by atoms with Gasteiger partial charge in [0.25, 0.3) is 5.91 Å². The van der Waals surface area contributed by atoms with Gasteiger partial charge in [-0.05, 0) is 25.7 Å². The number of hydrogen-bond donors (Lipinski definition) is 0. The quantitative estimate of drug-likeness (QED) is 0.796. The average molecular weight is 294 g/mol. The van der Waals surface area contributed by atoms with Crippen molar-refractivity contribution >= 4 is 11.9 Å². The van der Waals surface area contributed by atoms with Crippen LogP contribution in [0.4, 0.5) is 0 Å². The normalized spacial score (nSPS) is 18.9. The number of carbonyl (C=O) groups excluding carboxylic acids is 2. The highest BCUT2D eigenvalue weighted by atomic mass is 16.5. The van der Waals surface area contributed by atoms with Crippen LogP contribution < -0.4 is 0 Å². The Morgan fingerprint density at radius 2 is 2.29 bits per heavy atom. The first-order valence-corrected chi connectivity index (χ1v) is 7.43. The molecular weight excluding hydrogens is 272 g/mol. The maximum Gasteiger partial charge on any atom is 0.310 e. The number of esters is 1. The maximum absolute atomic E-state index is 12.6. The highest BCUT2D eigenvalue weighted by Gasteiger charge is 2.32. The van der Waals surface area contributed by atoms with E-state index >= 15 is 0 Å². The highest BCUT2D eigenvalue weighted by molar-refractivity contribution is 5.93. The molecule has 1 aromatic rings. The van der Waals surface area contributed by atoms with E-state index in [4.69, 9.17) is 9.15 Å². The standard InChI is InChI=1S/C15H22N2O4/c1-4-20-15(19)11-6-5-7-17(8-11)14(18)13-12(10(2)3)16-9-21-13/h9-11H,4-8H2,1-3H3. The van der Waals surface area contributed by atoms with Crippen LogP contribution in [0, 0.1) is 5.92 Å². The van der Waals surface area contributed by atoms with Gasteiger partial charge in [-0.1, -0.05) is 13.8 Å². The molecule has 1 aliphatic heterocycles. The number of amides is 1. The number of piperidine rings is 1. The fourth-order valence-electron chi connectivity index (χ4n) is 2.58. The summed E-state index contributed by atoms with van der Waals surface area (Å²) in [5, 5.41) is 0. The number of rotatable bonds is 4. The van der Waals surface area contributed by atoms with E-state index in [2.05, 4.69) is 4.98 Å². The number of oxazole rings is 1. The van der Waals surface area contributed by atoms with Gasteiger partial charge < -0.3 is 14.1 Å². The smallest absolute Gasteiger partial charge is 0.310 e. The predicted molar refractivity (Wildman–Crippen MR) is 75.9 cm³/mol. The molecule has 1 aliphatic rings. The van der Waals surface area contributed by atoms with E-state index in [9.17, 15) is 9.59 Å².